The van der Waals surface area contributed by atoms with E-state index in [2.05, 4.69) is 0 Å². The topological polar surface area (TPSA) is 52.0 Å². The first-order valence-electron chi connectivity index (χ1n) is 1.32. The van der Waals surface area contributed by atoms with Gasteiger partial charge in [-0.25, -0.2) is 0 Å². The first kappa shape index (κ1) is 15.8. The Hall–Kier alpha value is 2.44. The van der Waals surface area contributed by atoms with Gasteiger partial charge < -0.3 is 11.5 Å². The molecule has 0 atom stereocenters. The van der Waals surface area contributed by atoms with Gasteiger partial charge in [0.25, 0.3) is 0 Å². The van der Waals surface area contributed by atoms with Gasteiger partial charge in [0.05, 0.1) is 0 Å². The van der Waals surface area contributed by atoms with Crippen molar-refractivity contribution in [2.75, 3.05) is 13.1 Å². The molecule has 0 fully saturated rings. The summed E-state index contributed by atoms with van der Waals surface area (Å²) < 4.78 is 0. The average Bonchev–Trinajstić information content (AvgIpc) is 1.37. The summed E-state index contributed by atoms with van der Waals surface area (Å²) in [7, 11) is 0. The van der Waals surface area contributed by atoms with Crippen molar-refractivity contribution in [3.05, 3.63) is 0 Å². The number of rotatable bonds is 1. The molecule has 2 nitrogen and oxygen atoms in total. The van der Waals surface area contributed by atoms with E-state index in [0.717, 1.165) is 0 Å². The van der Waals surface area contributed by atoms with Crippen molar-refractivity contribution in [1.82, 2.24) is 0 Å². The molecule has 6 heavy (non-hydrogen) atoms. The molecular weight excluding hydrogens is 132 g/mol. The van der Waals surface area contributed by atoms with E-state index in [1.807, 2.05) is 0 Å². The number of nitrogens with two attached hydrogens (primary N) is 2. The fraction of sp³-hybridized carbons (Fsp3) is 1.00. The fourth-order valence-corrected chi connectivity index (χ4v) is 0. The van der Waals surface area contributed by atoms with Gasteiger partial charge in [0.1, 0.15) is 0 Å². The molecule has 0 aliphatic heterocycles. The van der Waals surface area contributed by atoms with Gasteiger partial charge in [0.15, 0.2) is 0 Å². The minimum absolute atomic E-state index is 0. The fourth-order valence-electron chi connectivity index (χ4n) is 0. The molecule has 0 radical (unpaired) electrons. The van der Waals surface area contributed by atoms with Gasteiger partial charge >= 0.3 is 75.5 Å². The van der Waals surface area contributed by atoms with Crippen LogP contribution in [0.25, 0.3) is 0 Å². The summed E-state index contributed by atoms with van der Waals surface area (Å²) in [6.45, 7) is 1.19. The van der Waals surface area contributed by atoms with Crippen LogP contribution in [0.1, 0.15) is 0 Å². The molecular formula is C2H12Ca2N2. The summed E-state index contributed by atoms with van der Waals surface area (Å²) in [4.78, 5) is 0. The van der Waals surface area contributed by atoms with Crippen molar-refractivity contribution in [3.8, 4) is 0 Å². The Balaban J connectivity index is -0.0000000450. The van der Waals surface area contributed by atoms with Crippen LogP contribution in [0.4, 0.5) is 0 Å². The van der Waals surface area contributed by atoms with Gasteiger partial charge in [-0.3, -0.25) is 0 Å². The minimum atomic E-state index is 0. The van der Waals surface area contributed by atoms with Gasteiger partial charge in [-0.2, -0.15) is 0 Å². The van der Waals surface area contributed by atoms with Crippen LogP contribution < -0.4 is 11.5 Å². The van der Waals surface area contributed by atoms with E-state index in [1.165, 1.54) is 0 Å². The summed E-state index contributed by atoms with van der Waals surface area (Å²) in [5.74, 6) is 0. The Morgan fingerprint density at radius 2 is 1.00 bits per heavy atom. The molecule has 34 valence electrons. The van der Waals surface area contributed by atoms with Crippen molar-refractivity contribution >= 4 is 75.5 Å². The molecule has 0 aromatic rings. The predicted molar refractivity (Wildman–Crippen MR) is 35.2 cm³/mol. The molecule has 0 aromatic heterocycles. The Morgan fingerprint density at radius 3 is 1.00 bits per heavy atom. The van der Waals surface area contributed by atoms with Gasteiger partial charge in [-0.05, 0) is 0 Å². The van der Waals surface area contributed by atoms with Crippen LogP contribution in [0.15, 0.2) is 0 Å². The normalized spacial score (nSPS) is 5.00. The van der Waals surface area contributed by atoms with Crippen molar-refractivity contribution in [1.29, 1.82) is 0 Å². The van der Waals surface area contributed by atoms with E-state index in [0.29, 0.717) is 13.1 Å². The first-order valence-corrected chi connectivity index (χ1v) is 1.32. The Bertz CT molecular complexity index is 11.5. The molecule has 0 saturated carbocycles. The van der Waals surface area contributed by atoms with Crippen LogP contribution in [0.3, 0.4) is 0 Å². The zero-order valence-corrected chi connectivity index (χ0v) is 2.57. The van der Waals surface area contributed by atoms with E-state index in [-0.39, 0.29) is 75.5 Å². The number of hydrogen-bond donors (Lipinski definition) is 2. The molecule has 0 aliphatic carbocycles. The predicted octanol–water partition coefficient (Wildman–Crippen LogP) is -2.93. The van der Waals surface area contributed by atoms with Gasteiger partial charge in [0.2, 0.25) is 0 Å². The van der Waals surface area contributed by atoms with Crippen LogP contribution in [0.2, 0.25) is 0 Å². The zero-order valence-electron chi connectivity index (χ0n) is 2.57. The molecule has 0 amide bonds. The summed E-state index contributed by atoms with van der Waals surface area (Å²) in [6, 6.07) is 0. The van der Waals surface area contributed by atoms with Crippen molar-refractivity contribution < 1.29 is 0 Å². The molecule has 0 spiro atoms. The van der Waals surface area contributed by atoms with E-state index >= 15 is 0 Å². The Labute approximate surface area is 98.0 Å². The summed E-state index contributed by atoms with van der Waals surface area (Å²) in [6.07, 6.45) is 0. The average molecular weight is 144 g/mol. The molecule has 0 aromatic carbocycles. The molecule has 0 aliphatic rings. The Kier molecular flexibility index (Phi) is 41.2. The SMILES string of the molecule is NCCN.[CaH2].[CaH2]. The van der Waals surface area contributed by atoms with E-state index < -0.39 is 0 Å². The molecule has 0 rings (SSSR count). The van der Waals surface area contributed by atoms with Crippen molar-refractivity contribution in [3.63, 3.8) is 0 Å². The second-order valence-corrected chi connectivity index (χ2v) is 0.577. The number of hydrogen-bond acceptors (Lipinski definition) is 2. The third-order valence-corrected chi connectivity index (χ3v) is 0.167. The summed E-state index contributed by atoms with van der Waals surface area (Å²) >= 11 is 0. The van der Waals surface area contributed by atoms with Crippen LogP contribution in [0, 0.1) is 0 Å². The maximum absolute atomic E-state index is 4.90. The van der Waals surface area contributed by atoms with Gasteiger partial charge in [0, 0.05) is 13.1 Å². The molecule has 0 heterocycles. The quantitative estimate of drug-likeness (QED) is 0.387. The van der Waals surface area contributed by atoms with E-state index in [4.69, 9.17) is 11.5 Å². The summed E-state index contributed by atoms with van der Waals surface area (Å²) in [5.41, 5.74) is 9.81. The Morgan fingerprint density at radius 1 is 0.833 bits per heavy atom. The first-order chi connectivity index (χ1) is 1.91. The van der Waals surface area contributed by atoms with Crippen LogP contribution in [-0.2, 0) is 0 Å². The standard InChI is InChI=1S/C2H8N2.2Ca.4H/c3-1-2-4;;;;;;/h1-4H2;;;;;;. The molecule has 4 N–H and O–H groups in total. The van der Waals surface area contributed by atoms with Crippen LogP contribution in [-0.4, -0.2) is 88.6 Å². The van der Waals surface area contributed by atoms with E-state index in [1.54, 1.807) is 0 Å². The molecule has 4 heteroatoms. The van der Waals surface area contributed by atoms with Crippen LogP contribution in [0.5, 0.6) is 0 Å². The van der Waals surface area contributed by atoms with Crippen LogP contribution >= 0.6 is 0 Å². The third-order valence-electron chi connectivity index (χ3n) is 0.167. The van der Waals surface area contributed by atoms with Gasteiger partial charge in [-0.15, -0.1) is 0 Å². The van der Waals surface area contributed by atoms with Crippen molar-refractivity contribution in [2.45, 2.75) is 0 Å². The van der Waals surface area contributed by atoms with E-state index in [9.17, 15) is 0 Å². The second kappa shape index (κ2) is 15.7. The zero-order chi connectivity index (χ0) is 3.41. The molecule has 0 unspecified atom stereocenters. The molecule has 0 bridgehead atoms. The summed E-state index contributed by atoms with van der Waals surface area (Å²) in [5, 5.41) is 0. The van der Waals surface area contributed by atoms with Gasteiger partial charge in [-0.1, -0.05) is 0 Å². The van der Waals surface area contributed by atoms with Crippen molar-refractivity contribution in [2.24, 2.45) is 11.5 Å². The molecule has 0 saturated heterocycles. The monoisotopic (exact) mass is 144 g/mol. The maximum atomic E-state index is 4.90. The second-order valence-electron chi connectivity index (χ2n) is 0.577. The third kappa shape index (κ3) is 16.1.